The van der Waals surface area contributed by atoms with E-state index in [1.165, 1.54) is 0 Å². The van der Waals surface area contributed by atoms with E-state index in [1.807, 2.05) is 10.9 Å². The number of aromatic nitrogens is 2. The number of nitrogens with zero attached hydrogens (tertiary/aromatic N) is 3. The van der Waals surface area contributed by atoms with Gasteiger partial charge in [-0.05, 0) is 12.7 Å². The monoisotopic (exact) mass is 232 g/mol. The van der Waals surface area contributed by atoms with Crippen LogP contribution in [0.2, 0.25) is 5.15 Å². The first kappa shape index (κ1) is 10.1. The highest BCUT2D eigenvalue weighted by atomic mass is 35.5. The normalized spacial score (nSPS) is 23.1. The van der Waals surface area contributed by atoms with Gasteiger partial charge in [0, 0.05) is 19.3 Å². The van der Waals surface area contributed by atoms with E-state index in [1.54, 1.807) is 11.9 Å². The Morgan fingerprint density at radius 3 is 3.00 bits per heavy atom. The Bertz CT molecular complexity index is 308. The van der Waals surface area contributed by atoms with Crippen molar-refractivity contribution in [2.45, 2.75) is 12.5 Å². The molecule has 4 nitrogen and oxygen atoms in total. The van der Waals surface area contributed by atoms with Crippen molar-refractivity contribution < 1.29 is 0 Å². The van der Waals surface area contributed by atoms with Crippen LogP contribution in [0.3, 0.4) is 0 Å². The number of anilines is 1. The Balaban J connectivity index is 2.09. The molecule has 0 unspecified atom stereocenters. The van der Waals surface area contributed by atoms with Gasteiger partial charge in [0.25, 0.3) is 0 Å². The van der Waals surface area contributed by atoms with Crippen molar-refractivity contribution in [2.24, 2.45) is 0 Å². The van der Waals surface area contributed by atoms with Crippen LogP contribution in [0, 0.1) is 0 Å². The second-order valence-electron chi connectivity index (χ2n) is 3.37. The van der Waals surface area contributed by atoms with E-state index in [9.17, 15) is 0 Å². The highest BCUT2D eigenvalue weighted by molar-refractivity contribution is 7.96. The smallest absolute Gasteiger partial charge is 0.173 e. The van der Waals surface area contributed by atoms with Crippen molar-refractivity contribution in [2.75, 3.05) is 25.1 Å². The molecule has 1 saturated heterocycles. The molecule has 2 N–H and O–H groups in total. The Labute approximate surface area is 92.5 Å². The Hall–Kier alpha value is -0.390. The fraction of sp³-hybridized carbons (Fsp3) is 0.625. The summed E-state index contributed by atoms with van der Waals surface area (Å²) in [5.41, 5.74) is 6.21. The number of nitrogen functional groups attached to an aromatic ring is 1. The minimum atomic E-state index is 0.410. The third-order valence-electron chi connectivity index (χ3n) is 2.47. The zero-order chi connectivity index (χ0) is 10.1. The molecule has 1 atom stereocenters. The standard InChI is InChI=1S/C8H13ClN4S/c1-14-12-3-2-6(4-12)13-5-7(10)8(9)11-13/h5-6H,2-4,10H2,1H3/t6-/m1/s1. The van der Waals surface area contributed by atoms with E-state index in [0.717, 1.165) is 19.5 Å². The summed E-state index contributed by atoms with van der Waals surface area (Å²) in [7, 11) is 0. The molecule has 1 aromatic rings. The van der Waals surface area contributed by atoms with Crippen molar-refractivity contribution in [3.05, 3.63) is 11.3 Å². The van der Waals surface area contributed by atoms with E-state index < -0.39 is 0 Å². The quantitative estimate of drug-likeness (QED) is 0.788. The minimum Gasteiger partial charge on any atom is -0.395 e. The van der Waals surface area contributed by atoms with Crippen LogP contribution in [0.5, 0.6) is 0 Å². The lowest BCUT2D eigenvalue weighted by Crippen LogP contribution is -2.14. The van der Waals surface area contributed by atoms with Gasteiger partial charge in [-0.2, -0.15) is 5.10 Å². The van der Waals surface area contributed by atoms with Crippen LogP contribution in [0.1, 0.15) is 12.5 Å². The Morgan fingerprint density at radius 1 is 1.71 bits per heavy atom. The zero-order valence-corrected chi connectivity index (χ0v) is 9.55. The lowest BCUT2D eigenvalue weighted by molar-refractivity contribution is 0.465. The highest BCUT2D eigenvalue weighted by Crippen LogP contribution is 2.27. The van der Waals surface area contributed by atoms with E-state index in [2.05, 4.69) is 15.7 Å². The number of hydrogen-bond donors (Lipinski definition) is 1. The van der Waals surface area contributed by atoms with Crippen LogP contribution in [-0.4, -0.2) is 33.4 Å². The molecule has 0 bridgehead atoms. The molecule has 0 aliphatic carbocycles. The summed E-state index contributed by atoms with van der Waals surface area (Å²) in [5.74, 6) is 0. The Morgan fingerprint density at radius 2 is 2.50 bits per heavy atom. The molecule has 0 radical (unpaired) electrons. The third-order valence-corrected chi connectivity index (χ3v) is 3.61. The van der Waals surface area contributed by atoms with Gasteiger partial charge in [0.1, 0.15) is 0 Å². The van der Waals surface area contributed by atoms with Crippen LogP contribution in [0.15, 0.2) is 6.20 Å². The van der Waals surface area contributed by atoms with Gasteiger partial charge in [-0.1, -0.05) is 23.5 Å². The minimum absolute atomic E-state index is 0.410. The fourth-order valence-corrected chi connectivity index (χ4v) is 2.41. The summed E-state index contributed by atoms with van der Waals surface area (Å²) < 4.78 is 4.20. The van der Waals surface area contributed by atoms with E-state index in [0.29, 0.717) is 16.9 Å². The maximum Gasteiger partial charge on any atom is 0.173 e. The molecule has 0 saturated carbocycles. The number of halogens is 1. The fourth-order valence-electron chi connectivity index (χ4n) is 1.66. The van der Waals surface area contributed by atoms with Crippen LogP contribution < -0.4 is 5.73 Å². The number of nitrogens with two attached hydrogens (primary N) is 1. The molecule has 6 heteroatoms. The molecule has 2 rings (SSSR count). The molecule has 1 aromatic heterocycles. The first-order valence-corrected chi connectivity index (χ1v) is 6.06. The maximum atomic E-state index is 5.80. The molecule has 1 fully saturated rings. The molecule has 78 valence electrons. The van der Waals surface area contributed by atoms with E-state index >= 15 is 0 Å². The first-order chi connectivity index (χ1) is 6.70. The van der Waals surface area contributed by atoms with Crippen molar-refractivity contribution >= 4 is 29.2 Å². The number of rotatable bonds is 2. The van der Waals surface area contributed by atoms with Gasteiger partial charge < -0.3 is 5.73 Å². The maximum absolute atomic E-state index is 5.80. The van der Waals surface area contributed by atoms with Crippen LogP contribution >= 0.6 is 23.5 Å². The lowest BCUT2D eigenvalue weighted by atomic mass is 10.3. The summed E-state index contributed by atoms with van der Waals surface area (Å²) in [6, 6.07) is 0.414. The van der Waals surface area contributed by atoms with Gasteiger partial charge in [-0.15, -0.1) is 0 Å². The molecule has 1 aliphatic heterocycles. The van der Waals surface area contributed by atoms with Crippen molar-refractivity contribution in [1.29, 1.82) is 0 Å². The Kier molecular flexibility index (Phi) is 2.90. The average molecular weight is 233 g/mol. The molecule has 0 amide bonds. The van der Waals surface area contributed by atoms with Gasteiger partial charge in [0.2, 0.25) is 0 Å². The molecular weight excluding hydrogens is 220 g/mol. The largest absolute Gasteiger partial charge is 0.395 e. The molecule has 0 spiro atoms. The molecule has 1 aliphatic rings. The van der Waals surface area contributed by atoms with Gasteiger partial charge in [-0.3, -0.25) is 4.68 Å². The summed E-state index contributed by atoms with van der Waals surface area (Å²) in [5, 5.41) is 4.59. The van der Waals surface area contributed by atoms with Gasteiger partial charge in [0.15, 0.2) is 5.15 Å². The second kappa shape index (κ2) is 4.00. The first-order valence-electron chi connectivity index (χ1n) is 4.50. The third kappa shape index (κ3) is 1.85. The van der Waals surface area contributed by atoms with Crippen LogP contribution in [-0.2, 0) is 0 Å². The molecule has 14 heavy (non-hydrogen) atoms. The van der Waals surface area contributed by atoms with Crippen molar-refractivity contribution in [3.63, 3.8) is 0 Å². The summed E-state index contributed by atoms with van der Waals surface area (Å²) in [6.07, 6.45) is 5.02. The van der Waals surface area contributed by atoms with Gasteiger partial charge in [0.05, 0.1) is 11.7 Å². The second-order valence-corrected chi connectivity index (χ2v) is 4.61. The van der Waals surface area contributed by atoms with Crippen molar-refractivity contribution in [3.8, 4) is 0 Å². The number of hydrogen-bond acceptors (Lipinski definition) is 4. The van der Waals surface area contributed by atoms with E-state index in [-0.39, 0.29) is 0 Å². The van der Waals surface area contributed by atoms with Gasteiger partial charge >= 0.3 is 0 Å². The van der Waals surface area contributed by atoms with Gasteiger partial charge in [-0.25, -0.2) is 4.31 Å². The highest BCUT2D eigenvalue weighted by Gasteiger charge is 2.24. The molecule has 0 aromatic carbocycles. The predicted molar refractivity (Wildman–Crippen MR) is 60.4 cm³/mol. The average Bonchev–Trinajstić information content (AvgIpc) is 2.74. The summed E-state index contributed by atoms with van der Waals surface area (Å²) in [4.78, 5) is 0. The molecule has 2 heterocycles. The summed E-state index contributed by atoms with van der Waals surface area (Å²) in [6.45, 7) is 2.11. The topological polar surface area (TPSA) is 47.1 Å². The van der Waals surface area contributed by atoms with Crippen molar-refractivity contribution in [1.82, 2.24) is 14.1 Å². The lowest BCUT2D eigenvalue weighted by Gasteiger charge is -2.12. The summed E-state index contributed by atoms with van der Waals surface area (Å²) >= 11 is 7.57. The van der Waals surface area contributed by atoms with Crippen LogP contribution in [0.4, 0.5) is 5.69 Å². The van der Waals surface area contributed by atoms with E-state index in [4.69, 9.17) is 17.3 Å². The predicted octanol–water partition coefficient (Wildman–Crippen LogP) is 1.64. The SMILES string of the molecule is CSN1CC[C@@H](n2cc(N)c(Cl)n2)C1. The van der Waals surface area contributed by atoms with Crippen LogP contribution in [0.25, 0.3) is 0 Å². The molecular formula is C8H13ClN4S. The zero-order valence-electron chi connectivity index (χ0n) is 7.98.